The molecule has 0 radical (unpaired) electrons. The summed E-state index contributed by atoms with van der Waals surface area (Å²) in [5, 5.41) is 3.09. The lowest BCUT2D eigenvalue weighted by atomic mass is 10.1. The Morgan fingerprint density at radius 2 is 2.10 bits per heavy atom. The SMILES string of the molecule is CNCc1cc(S(=O)(=O)NC2CCC(C)C2)cn1C(C)C. The van der Waals surface area contributed by atoms with E-state index >= 15 is 0 Å². The Bertz CT molecular complexity index is 578. The van der Waals surface area contributed by atoms with Gasteiger partial charge >= 0.3 is 0 Å². The van der Waals surface area contributed by atoms with Crippen LogP contribution in [0.2, 0.25) is 0 Å². The molecule has 0 saturated heterocycles. The zero-order valence-electron chi connectivity index (χ0n) is 13.4. The van der Waals surface area contributed by atoms with Crippen LogP contribution in [0.1, 0.15) is 51.8 Å². The van der Waals surface area contributed by atoms with Crippen LogP contribution in [-0.2, 0) is 16.6 Å². The first-order chi connectivity index (χ1) is 9.83. The van der Waals surface area contributed by atoms with Crippen molar-refractivity contribution >= 4 is 10.0 Å². The Labute approximate surface area is 128 Å². The maximum absolute atomic E-state index is 12.5. The summed E-state index contributed by atoms with van der Waals surface area (Å²) < 4.78 is 30.0. The van der Waals surface area contributed by atoms with E-state index in [4.69, 9.17) is 0 Å². The van der Waals surface area contributed by atoms with E-state index < -0.39 is 10.0 Å². The van der Waals surface area contributed by atoms with Crippen LogP contribution in [0.4, 0.5) is 0 Å². The quantitative estimate of drug-likeness (QED) is 0.847. The van der Waals surface area contributed by atoms with Crippen LogP contribution in [0, 0.1) is 5.92 Å². The van der Waals surface area contributed by atoms with Crippen LogP contribution < -0.4 is 10.0 Å². The van der Waals surface area contributed by atoms with Gasteiger partial charge in [0.25, 0.3) is 0 Å². The Balaban J connectivity index is 2.21. The second-order valence-corrected chi connectivity index (χ2v) is 8.15. The van der Waals surface area contributed by atoms with Gasteiger partial charge in [0.05, 0.1) is 4.90 Å². The zero-order chi connectivity index (χ0) is 15.6. The Hall–Kier alpha value is -0.850. The van der Waals surface area contributed by atoms with Gasteiger partial charge in [-0.1, -0.05) is 6.92 Å². The van der Waals surface area contributed by atoms with E-state index in [9.17, 15) is 8.42 Å². The molecule has 1 aliphatic rings. The molecule has 2 rings (SSSR count). The van der Waals surface area contributed by atoms with E-state index in [1.807, 2.05) is 11.6 Å². The second-order valence-electron chi connectivity index (χ2n) is 6.43. The van der Waals surface area contributed by atoms with Gasteiger partial charge in [-0.05, 0) is 52.1 Å². The third-order valence-corrected chi connectivity index (χ3v) is 5.64. The maximum atomic E-state index is 12.5. The van der Waals surface area contributed by atoms with E-state index in [0.29, 0.717) is 17.4 Å². The van der Waals surface area contributed by atoms with Crippen LogP contribution >= 0.6 is 0 Å². The molecular weight excluding hydrogens is 286 g/mol. The molecule has 0 aromatic carbocycles. The van der Waals surface area contributed by atoms with Crippen molar-refractivity contribution in [3.63, 3.8) is 0 Å². The zero-order valence-corrected chi connectivity index (χ0v) is 14.2. The fourth-order valence-corrected chi connectivity index (χ4v) is 4.38. The molecule has 0 spiro atoms. The van der Waals surface area contributed by atoms with Gasteiger partial charge in [0, 0.05) is 30.5 Å². The lowest BCUT2D eigenvalue weighted by Crippen LogP contribution is -2.32. The second kappa shape index (κ2) is 6.50. The average Bonchev–Trinajstić information content (AvgIpc) is 2.96. The Morgan fingerprint density at radius 1 is 1.38 bits per heavy atom. The summed E-state index contributed by atoms with van der Waals surface area (Å²) >= 11 is 0. The van der Waals surface area contributed by atoms with Crippen LogP contribution in [0.15, 0.2) is 17.2 Å². The molecule has 1 aliphatic carbocycles. The van der Waals surface area contributed by atoms with Gasteiger partial charge < -0.3 is 9.88 Å². The summed E-state index contributed by atoms with van der Waals surface area (Å²) in [5.74, 6) is 0.609. The molecule has 1 heterocycles. The number of hydrogen-bond donors (Lipinski definition) is 2. The molecule has 120 valence electrons. The van der Waals surface area contributed by atoms with Gasteiger partial charge in [-0.2, -0.15) is 0 Å². The van der Waals surface area contributed by atoms with Gasteiger partial charge in [-0.3, -0.25) is 0 Å². The number of rotatable bonds is 6. The minimum Gasteiger partial charge on any atom is -0.346 e. The molecule has 2 N–H and O–H groups in total. The maximum Gasteiger partial charge on any atom is 0.242 e. The first-order valence-electron chi connectivity index (χ1n) is 7.71. The van der Waals surface area contributed by atoms with Crippen molar-refractivity contribution in [2.45, 2.75) is 63.6 Å². The number of nitrogens with one attached hydrogen (secondary N) is 2. The summed E-state index contributed by atoms with van der Waals surface area (Å²) in [7, 11) is -1.55. The summed E-state index contributed by atoms with van der Waals surface area (Å²) in [5.41, 5.74) is 0.993. The average molecular weight is 313 g/mol. The topological polar surface area (TPSA) is 63.1 Å². The number of aromatic nitrogens is 1. The summed E-state index contributed by atoms with van der Waals surface area (Å²) in [4.78, 5) is 0.376. The first kappa shape index (κ1) is 16.5. The van der Waals surface area contributed by atoms with Crippen molar-refractivity contribution in [3.8, 4) is 0 Å². The fourth-order valence-electron chi connectivity index (χ4n) is 3.05. The lowest BCUT2D eigenvalue weighted by Gasteiger charge is -2.12. The van der Waals surface area contributed by atoms with Gasteiger partial charge in [0.2, 0.25) is 10.0 Å². The van der Waals surface area contributed by atoms with Crippen molar-refractivity contribution in [1.82, 2.24) is 14.6 Å². The van der Waals surface area contributed by atoms with Gasteiger partial charge in [0.1, 0.15) is 0 Å². The summed E-state index contributed by atoms with van der Waals surface area (Å²) in [6, 6.07) is 2.10. The largest absolute Gasteiger partial charge is 0.346 e. The normalized spacial score (nSPS) is 23.1. The third kappa shape index (κ3) is 3.87. The molecular formula is C15H27N3O2S. The molecule has 6 heteroatoms. The van der Waals surface area contributed by atoms with E-state index in [1.54, 1.807) is 12.3 Å². The molecule has 21 heavy (non-hydrogen) atoms. The Morgan fingerprint density at radius 3 is 2.62 bits per heavy atom. The third-order valence-electron chi connectivity index (χ3n) is 4.15. The molecule has 0 amide bonds. The first-order valence-corrected chi connectivity index (χ1v) is 9.19. The van der Waals surface area contributed by atoms with Crippen molar-refractivity contribution in [1.29, 1.82) is 0 Å². The number of hydrogen-bond acceptors (Lipinski definition) is 3. The van der Waals surface area contributed by atoms with Crippen molar-refractivity contribution < 1.29 is 8.42 Å². The molecule has 2 atom stereocenters. The van der Waals surface area contributed by atoms with E-state index in [0.717, 1.165) is 25.0 Å². The fraction of sp³-hybridized carbons (Fsp3) is 0.733. The lowest BCUT2D eigenvalue weighted by molar-refractivity contribution is 0.537. The molecule has 1 saturated carbocycles. The highest BCUT2D eigenvalue weighted by molar-refractivity contribution is 7.89. The van der Waals surface area contributed by atoms with E-state index in [1.165, 1.54) is 0 Å². The predicted molar refractivity (Wildman–Crippen MR) is 84.7 cm³/mol. The highest BCUT2D eigenvalue weighted by atomic mass is 32.2. The minimum absolute atomic E-state index is 0.0835. The summed E-state index contributed by atoms with van der Waals surface area (Å²) in [6.07, 6.45) is 4.73. The van der Waals surface area contributed by atoms with Crippen molar-refractivity contribution in [2.75, 3.05) is 7.05 Å². The van der Waals surface area contributed by atoms with Gasteiger partial charge in [-0.25, -0.2) is 13.1 Å². The molecule has 1 aromatic rings. The van der Waals surface area contributed by atoms with Gasteiger partial charge in [-0.15, -0.1) is 0 Å². The molecule has 0 bridgehead atoms. The van der Waals surface area contributed by atoms with Crippen LogP contribution in [0.25, 0.3) is 0 Å². The van der Waals surface area contributed by atoms with E-state index in [2.05, 4.69) is 30.8 Å². The summed E-state index contributed by atoms with van der Waals surface area (Å²) in [6.45, 7) is 6.95. The van der Waals surface area contributed by atoms with Crippen LogP contribution in [0.3, 0.4) is 0 Å². The molecule has 1 fully saturated rings. The highest BCUT2D eigenvalue weighted by Gasteiger charge is 2.27. The Kier molecular flexibility index (Phi) is 5.11. The molecule has 1 aromatic heterocycles. The van der Waals surface area contributed by atoms with Crippen molar-refractivity contribution in [2.24, 2.45) is 5.92 Å². The molecule has 5 nitrogen and oxygen atoms in total. The smallest absolute Gasteiger partial charge is 0.242 e. The van der Waals surface area contributed by atoms with Crippen LogP contribution in [-0.4, -0.2) is 26.1 Å². The minimum atomic E-state index is -3.42. The number of nitrogens with zero attached hydrogens (tertiary/aromatic N) is 1. The highest BCUT2D eigenvalue weighted by Crippen LogP contribution is 2.26. The number of sulfonamides is 1. The van der Waals surface area contributed by atoms with Gasteiger partial charge in [0.15, 0.2) is 0 Å². The monoisotopic (exact) mass is 313 g/mol. The standard InChI is InChI=1S/C15H27N3O2S/c1-11(2)18-10-15(8-14(18)9-16-4)21(19,20)17-13-6-5-12(3)7-13/h8,10-13,16-17H,5-7,9H2,1-4H3. The van der Waals surface area contributed by atoms with Crippen molar-refractivity contribution in [3.05, 3.63) is 18.0 Å². The predicted octanol–water partition coefficient (Wildman–Crippen LogP) is 2.26. The van der Waals surface area contributed by atoms with Crippen LogP contribution in [0.5, 0.6) is 0 Å². The van der Waals surface area contributed by atoms with E-state index in [-0.39, 0.29) is 12.1 Å². The molecule has 0 aliphatic heterocycles. The molecule has 2 unspecified atom stereocenters.